The summed E-state index contributed by atoms with van der Waals surface area (Å²) in [6, 6.07) is 7.74. The van der Waals surface area contributed by atoms with Crippen LogP contribution >= 0.6 is 0 Å². The number of aromatic amines is 1. The van der Waals surface area contributed by atoms with Crippen LogP contribution in [0.4, 0.5) is 5.95 Å². The summed E-state index contributed by atoms with van der Waals surface area (Å²) in [6.07, 6.45) is 0. The average molecular weight is 151 g/mol. The highest BCUT2D eigenvalue weighted by Gasteiger charge is 1.94. The van der Waals surface area contributed by atoms with Gasteiger partial charge in [-0.05, 0) is 12.1 Å². The van der Waals surface area contributed by atoms with Gasteiger partial charge in [-0.15, -0.1) is 0 Å². The van der Waals surface area contributed by atoms with Gasteiger partial charge >= 0.3 is 0 Å². The fraction of sp³-hybridized carbons (Fsp3) is 0. The lowest BCUT2D eigenvalue weighted by atomic mass is 10.3. The number of H-pyrrole nitrogens is 1. The lowest BCUT2D eigenvalue weighted by Crippen LogP contribution is -1.84. The summed E-state index contributed by atoms with van der Waals surface area (Å²) in [4.78, 5) is 6.96. The Morgan fingerprint density at radius 3 is 2.73 bits per heavy atom. The Labute approximate surface area is 63.4 Å². The monoisotopic (exact) mass is 151 g/mol. The van der Waals surface area contributed by atoms with Crippen LogP contribution in [0.25, 0.3) is 11.0 Å². The maximum atomic E-state index is 5.42. The van der Waals surface area contributed by atoms with Crippen LogP contribution in [-0.2, 0) is 0 Å². The molecule has 1 aromatic heterocycles. The van der Waals surface area contributed by atoms with Gasteiger partial charge in [0.1, 0.15) is 0 Å². The number of aromatic nitrogens is 2. The Bertz CT molecular complexity index is 322. The number of nitrogens with one attached hydrogen (secondary N) is 1. The molecule has 2 aromatic rings. The number of para-hydroxylation sites is 2. The number of benzene rings is 1. The first kappa shape index (κ1) is 7.56. The maximum Gasteiger partial charge on any atom is 0.198 e. The van der Waals surface area contributed by atoms with Gasteiger partial charge in [0.05, 0.1) is 11.0 Å². The number of rotatable bonds is 0. The molecular weight excluding hydrogens is 142 g/mol. The quantitative estimate of drug-likeness (QED) is 0.568. The van der Waals surface area contributed by atoms with Crippen LogP contribution < -0.4 is 5.73 Å². The molecule has 58 valence electrons. The largest absolute Gasteiger partial charge is 0.412 e. The lowest BCUT2D eigenvalue weighted by Gasteiger charge is -1.81. The molecule has 0 bridgehead atoms. The fourth-order valence-corrected chi connectivity index (χ4v) is 0.973. The standard InChI is InChI=1S/C7H7N3.H2O/c8-7-9-5-3-1-2-4-6(5)10-7;/h1-4H,(H3,8,9,10);1H2. The van der Waals surface area contributed by atoms with Crippen molar-refractivity contribution in [2.24, 2.45) is 0 Å². The molecule has 1 heterocycles. The molecular formula is C7H9N3O. The Kier molecular flexibility index (Phi) is 1.78. The van der Waals surface area contributed by atoms with Crippen molar-refractivity contribution in [1.82, 2.24) is 9.97 Å². The van der Waals surface area contributed by atoms with Gasteiger partial charge in [0.25, 0.3) is 0 Å². The molecule has 0 aliphatic rings. The van der Waals surface area contributed by atoms with Crippen molar-refractivity contribution < 1.29 is 5.48 Å². The third kappa shape index (κ3) is 1.15. The summed E-state index contributed by atoms with van der Waals surface area (Å²) in [6.45, 7) is 0. The van der Waals surface area contributed by atoms with Gasteiger partial charge in [-0.3, -0.25) is 0 Å². The fourth-order valence-electron chi connectivity index (χ4n) is 0.973. The van der Waals surface area contributed by atoms with E-state index in [1.807, 2.05) is 24.3 Å². The molecule has 0 radical (unpaired) electrons. The predicted molar refractivity (Wildman–Crippen MR) is 44.1 cm³/mol. The van der Waals surface area contributed by atoms with Gasteiger partial charge in [0.2, 0.25) is 0 Å². The van der Waals surface area contributed by atoms with E-state index in [0.717, 1.165) is 11.0 Å². The van der Waals surface area contributed by atoms with E-state index in [1.165, 1.54) is 0 Å². The van der Waals surface area contributed by atoms with Crippen LogP contribution in [0.3, 0.4) is 0 Å². The SMILES string of the molecule is Nc1nc2ccccc2[nH]1.O. The molecule has 0 aliphatic heterocycles. The molecule has 11 heavy (non-hydrogen) atoms. The zero-order valence-corrected chi connectivity index (χ0v) is 5.83. The number of nitrogens with zero attached hydrogens (tertiary/aromatic N) is 1. The number of anilines is 1. The lowest BCUT2D eigenvalue weighted by molar-refractivity contribution is 0.824. The van der Waals surface area contributed by atoms with Crippen molar-refractivity contribution >= 4 is 17.0 Å². The molecule has 4 heteroatoms. The summed E-state index contributed by atoms with van der Waals surface area (Å²) >= 11 is 0. The van der Waals surface area contributed by atoms with Gasteiger partial charge < -0.3 is 16.2 Å². The van der Waals surface area contributed by atoms with Crippen LogP contribution in [0.5, 0.6) is 0 Å². The highest BCUT2D eigenvalue weighted by atomic mass is 16.0. The predicted octanol–water partition coefficient (Wildman–Crippen LogP) is 0.320. The number of fused-ring (bicyclic) bond motifs is 1. The van der Waals surface area contributed by atoms with E-state index in [4.69, 9.17) is 5.73 Å². The number of nitrogen functional groups attached to an aromatic ring is 1. The van der Waals surface area contributed by atoms with E-state index >= 15 is 0 Å². The first-order chi connectivity index (χ1) is 4.86. The van der Waals surface area contributed by atoms with Crippen molar-refractivity contribution in [3.05, 3.63) is 24.3 Å². The second-order valence-electron chi connectivity index (χ2n) is 2.14. The minimum absolute atomic E-state index is 0. The molecule has 0 saturated carbocycles. The Morgan fingerprint density at radius 1 is 1.27 bits per heavy atom. The molecule has 1 aromatic carbocycles. The normalized spacial score (nSPS) is 9.45. The zero-order chi connectivity index (χ0) is 6.97. The first-order valence-corrected chi connectivity index (χ1v) is 3.06. The highest BCUT2D eigenvalue weighted by molar-refractivity contribution is 5.76. The van der Waals surface area contributed by atoms with E-state index in [0.29, 0.717) is 5.95 Å². The second-order valence-corrected chi connectivity index (χ2v) is 2.14. The molecule has 2 rings (SSSR count). The van der Waals surface area contributed by atoms with E-state index in [1.54, 1.807) is 0 Å². The minimum atomic E-state index is 0. The molecule has 0 amide bonds. The molecule has 4 nitrogen and oxygen atoms in total. The van der Waals surface area contributed by atoms with Crippen LogP contribution in [-0.4, -0.2) is 15.4 Å². The summed E-state index contributed by atoms with van der Waals surface area (Å²) in [5.41, 5.74) is 7.33. The molecule has 0 aliphatic carbocycles. The molecule has 0 unspecified atom stereocenters. The van der Waals surface area contributed by atoms with Gasteiger partial charge in [0.15, 0.2) is 5.95 Å². The molecule has 0 atom stereocenters. The van der Waals surface area contributed by atoms with Crippen molar-refractivity contribution in [3.8, 4) is 0 Å². The number of nitrogens with two attached hydrogens (primary N) is 1. The van der Waals surface area contributed by atoms with Gasteiger partial charge in [-0.2, -0.15) is 0 Å². The Balaban J connectivity index is 0.000000605. The number of hydrogen-bond acceptors (Lipinski definition) is 2. The van der Waals surface area contributed by atoms with Crippen LogP contribution in [0.2, 0.25) is 0 Å². The van der Waals surface area contributed by atoms with Gasteiger partial charge in [0, 0.05) is 0 Å². The van der Waals surface area contributed by atoms with E-state index < -0.39 is 0 Å². The third-order valence-corrected chi connectivity index (χ3v) is 1.41. The topological polar surface area (TPSA) is 86.2 Å². The van der Waals surface area contributed by atoms with Crippen molar-refractivity contribution in [2.45, 2.75) is 0 Å². The van der Waals surface area contributed by atoms with E-state index in [9.17, 15) is 0 Å². The van der Waals surface area contributed by atoms with Crippen LogP contribution in [0.15, 0.2) is 24.3 Å². The summed E-state index contributed by atoms with van der Waals surface area (Å²) in [7, 11) is 0. The van der Waals surface area contributed by atoms with Gasteiger partial charge in [-0.25, -0.2) is 4.98 Å². The number of imidazole rings is 1. The second kappa shape index (κ2) is 2.59. The molecule has 0 saturated heterocycles. The van der Waals surface area contributed by atoms with Crippen molar-refractivity contribution in [3.63, 3.8) is 0 Å². The van der Waals surface area contributed by atoms with E-state index in [-0.39, 0.29) is 5.48 Å². The smallest absolute Gasteiger partial charge is 0.198 e. The Morgan fingerprint density at radius 2 is 2.00 bits per heavy atom. The Hall–Kier alpha value is -1.55. The van der Waals surface area contributed by atoms with Crippen molar-refractivity contribution in [2.75, 3.05) is 5.73 Å². The third-order valence-electron chi connectivity index (χ3n) is 1.41. The number of hydrogen-bond donors (Lipinski definition) is 2. The summed E-state index contributed by atoms with van der Waals surface area (Å²) in [5, 5.41) is 0. The van der Waals surface area contributed by atoms with Crippen LogP contribution in [0.1, 0.15) is 0 Å². The summed E-state index contributed by atoms with van der Waals surface area (Å²) < 4.78 is 0. The van der Waals surface area contributed by atoms with Crippen LogP contribution in [0, 0.1) is 0 Å². The highest BCUT2D eigenvalue weighted by Crippen LogP contribution is 2.10. The first-order valence-electron chi connectivity index (χ1n) is 3.06. The van der Waals surface area contributed by atoms with Gasteiger partial charge in [-0.1, -0.05) is 12.1 Å². The maximum absolute atomic E-state index is 5.42. The zero-order valence-electron chi connectivity index (χ0n) is 5.83. The average Bonchev–Trinajstić information content (AvgIpc) is 2.27. The van der Waals surface area contributed by atoms with Crippen molar-refractivity contribution in [1.29, 1.82) is 0 Å². The molecule has 5 N–H and O–H groups in total. The molecule has 0 fully saturated rings. The minimum Gasteiger partial charge on any atom is -0.412 e. The van der Waals surface area contributed by atoms with E-state index in [2.05, 4.69) is 9.97 Å². The molecule has 0 spiro atoms. The summed E-state index contributed by atoms with van der Waals surface area (Å²) in [5.74, 6) is 0.473.